The summed E-state index contributed by atoms with van der Waals surface area (Å²) in [5, 5.41) is 4.20. The lowest BCUT2D eigenvalue weighted by Crippen LogP contribution is -2.08. The van der Waals surface area contributed by atoms with Gasteiger partial charge < -0.3 is 10.5 Å². The summed E-state index contributed by atoms with van der Waals surface area (Å²) in [5.41, 5.74) is 8.13. The first-order chi connectivity index (χ1) is 8.67. The molecule has 2 aromatic rings. The fourth-order valence-electron chi connectivity index (χ4n) is 2.01. The van der Waals surface area contributed by atoms with Gasteiger partial charge in [-0.25, -0.2) is 4.39 Å². The first kappa shape index (κ1) is 12.6. The highest BCUT2D eigenvalue weighted by Gasteiger charge is 2.14. The third-order valence-electron chi connectivity index (χ3n) is 2.89. The molecule has 4 nitrogen and oxygen atoms in total. The molecule has 0 fully saturated rings. The molecule has 0 aliphatic heterocycles. The number of hydrogen-bond donors (Lipinski definition) is 1. The summed E-state index contributed by atoms with van der Waals surface area (Å²) in [4.78, 5) is 0. The number of aryl methyl sites for hydroxylation is 1. The number of ether oxygens (including phenoxy) is 1. The standard InChI is InChI=1S/C13H16FN3O/c1-17-12(5-6-15)11(8-16-17)10-7-9(14)3-4-13(10)18-2/h3-4,7-8H,5-6,15H2,1-2H3. The molecule has 1 aromatic carbocycles. The van der Waals surface area contributed by atoms with Gasteiger partial charge in [0, 0.05) is 30.3 Å². The second-order valence-corrected chi connectivity index (χ2v) is 4.01. The van der Waals surface area contributed by atoms with Crippen molar-refractivity contribution in [2.75, 3.05) is 13.7 Å². The highest BCUT2D eigenvalue weighted by Crippen LogP contribution is 2.32. The summed E-state index contributed by atoms with van der Waals surface area (Å²) in [7, 11) is 3.41. The molecule has 96 valence electrons. The van der Waals surface area contributed by atoms with Crippen LogP contribution in [0.5, 0.6) is 5.75 Å². The van der Waals surface area contributed by atoms with Crippen LogP contribution in [0.2, 0.25) is 0 Å². The third-order valence-corrected chi connectivity index (χ3v) is 2.89. The Balaban J connectivity index is 2.57. The fraction of sp³-hybridized carbons (Fsp3) is 0.308. The van der Waals surface area contributed by atoms with Crippen molar-refractivity contribution in [3.63, 3.8) is 0 Å². The molecule has 0 amide bonds. The summed E-state index contributed by atoms with van der Waals surface area (Å²) in [6, 6.07) is 4.45. The van der Waals surface area contributed by atoms with Crippen LogP contribution in [-0.4, -0.2) is 23.4 Å². The molecule has 0 aliphatic carbocycles. The monoisotopic (exact) mass is 249 g/mol. The first-order valence-electron chi connectivity index (χ1n) is 5.72. The van der Waals surface area contributed by atoms with E-state index >= 15 is 0 Å². The van der Waals surface area contributed by atoms with Crippen LogP contribution >= 0.6 is 0 Å². The normalized spacial score (nSPS) is 10.7. The van der Waals surface area contributed by atoms with Crippen LogP contribution in [0.1, 0.15) is 5.69 Å². The van der Waals surface area contributed by atoms with Gasteiger partial charge in [0.15, 0.2) is 0 Å². The first-order valence-corrected chi connectivity index (χ1v) is 5.72. The number of hydrogen-bond acceptors (Lipinski definition) is 3. The Bertz CT molecular complexity index is 551. The Labute approximate surface area is 105 Å². The molecule has 1 aromatic heterocycles. The van der Waals surface area contributed by atoms with Crippen molar-refractivity contribution in [1.29, 1.82) is 0 Å². The quantitative estimate of drug-likeness (QED) is 0.898. The van der Waals surface area contributed by atoms with Crippen LogP contribution in [0.15, 0.2) is 24.4 Å². The number of nitrogens with zero attached hydrogens (tertiary/aromatic N) is 2. The zero-order valence-electron chi connectivity index (χ0n) is 10.5. The lowest BCUT2D eigenvalue weighted by atomic mass is 10.0. The van der Waals surface area contributed by atoms with Crippen LogP contribution in [0.25, 0.3) is 11.1 Å². The van der Waals surface area contributed by atoms with Crippen molar-refractivity contribution < 1.29 is 9.13 Å². The molecular weight excluding hydrogens is 233 g/mol. The van der Waals surface area contributed by atoms with Gasteiger partial charge in [0.05, 0.1) is 13.3 Å². The molecule has 18 heavy (non-hydrogen) atoms. The molecule has 2 N–H and O–H groups in total. The van der Waals surface area contributed by atoms with E-state index in [1.54, 1.807) is 24.1 Å². The second kappa shape index (κ2) is 5.18. The van der Waals surface area contributed by atoms with Gasteiger partial charge in [-0.2, -0.15) is 5.10 Å². The van der Waals surface area contributed by atoms with Gasteiger partial charge in [-0.05, 0) is 24.7 Å². The van der Waals surface area contributed by atoms with Crippen molar-refractivity contribution in [1.82, 2.24) is 9.78 Å². The minimum atomic E-state index is -0.298. The zero-order chi connectivity index (χ0) is 13.1. The van der Waals surface area contributed by atoms with E-state index in [2.05, 4.69) is 5.10 Å². The van der Waals surface area contributed by atoms with Crippen molar-refractivity contribution in [2.24, 2.45) is 12.8 Å². The van der Waals surface area contributed by atoms with Gasteiger partial charge >= 0.3 is 0 Å². The number of methoxy groups -OCH3 is 1. The van der Waals surface area contributed by atoms with Gasteiger partial charge in [0.2, 0.25) is 0 Å². The molecule has 0 radical (unpaired) electrons. The van der Waals surface area contributed by atoms with E-state index in [9.17, 15) is 4.39 Å². The van der Waals surface area contributed by atoms with Gasteiger partial charge in [-0.15, -0.1) is 0 Å². The predicted octanol–water partition coefficient (Wildman–Crippen LogP) is 1.74. The van der Waals surface area contributed by atoms with Crippen LogP contribution in [0, 0.1) is 5.82 Å². The lowest BCUT2D eigenvalue weighted by Gasteiger charge is -2.09. The average Bonchev–Trinajstić information content (AvgIpc) is 2.72. The van der Waals surface area contributed by atoms with E-state index in [4.69, 9.17) is 10.5 Å². The summed E-state index contributed by atoms with van der Waals surface area (Å²) in [6.45, 7) is 0.518. The molecule has 0 saturated carbocycles. The smallest absolute Gasteiger partial charge is 0.127 e. The molecule has 1 heterocycles. The lowest BCUT2D eigenvalue weighted by molar-refractivity contribution is 0.415. The topological polar surface area (TPSA) is 53.1 Å². The van der Waals surface area contributed by atoms with E-state index in [1.165, 1.54) is 12.1 Å². The molecule has 0 saturated heterocycles. The molecule has 0 atom stereocenters. The zero-order valence-corrected chi connectivity index (χ0v) is 10.5. The Morgan fingerprint density at radius 2 is 2.17 bits per heavy atom. The van der Waals surface area contributed by atoms with Crippen LogP contribution in [-0.2, 0) is 13.5 Å². The molecule has 0 unspecified atom stereocenters. The Morgan fingerprint density at radius 1 is 1.39 bits per heavy atom. The summed E-state index contributed by atoms with van der Waals surface area (Å²) >= 11 is 0. The van der Waals surface area contributed by atoms with Crippen molar-refractivity contribution in [3.05, 3.63) is 35.9 Å². The maximum Gasteiger partial charge on any atom is 0.127 e. The van der Waals surface area contributed by atoms with Crippen LogP contribution in [0.4, 0.5) is 4.39 Å². The van der Waals surface area contributed by atoms with Crippen LogP contribution in [0.3, 0.4) is 0 Å². The summed E-state index contributed by atoms with van der Waals surface area (Å²) < 4.78 is 20.4. The Hall–Kier alpha value is -1.88. The molecule has 5 heteroatoms. The highest BCUT2D eigenvalue weighted by molar-refractivity contribution is 5.72. The average molecular weight is 249 g/mol. The number of halogens is 1. The fourth-order valence-corrected chi connectivity index (χ4v) is 2.01. The van der Waals surface area contributed by atoms with Gasteiger partial charge in [0.1, 0.15) is 11.6 Å². The van der Waals surface area contributed by atoms with Gasteiger partial charge in [-0.1, -0.05) is 0 Å². The maximum atomic E-state index is 13.4. The number of rotatable bonds is 4. The number of aromatic nitrogens is 2. The number of benzene rings is 1. The largest absolute Gasteiger partial charge is 0.496 e. The maximum absolute atomic E-state index is 13.4. The van der Waals surface area contributed by atoms with E-state index in [0.717, 1.165) is 11.3 Å². The minimum Gasteiger partial charge on any atom is -0.496 e. The van der Waals surface area contributed by atoms with Crippen molar-refractivity contribution in [2.45, 2.75) is 6.42 Å². The third kappa shape index (κ3) is 2.22. The second-order valence-electron chi connectivity index (χ2n) is 4.01. The minimum absolute atomic E-state index is 0.298. The highest BCUT2D eigenvalue weighted by atomic mass is 19.1. The molecule has 0 spiro atoms. The van der Waals surface area contributed by atoms with E-state index < -0.39 is 0 Å². The van der Waals surface area contributed by atoms with Crippen LogP contribution < -0.4 is 10.5 Å². The van der Waals surface area contributed by atoms with Gasteiger partial charge in [-0.3, -0.25) is 4.68 Å². The van der Waals surface area contributed by atoms with E-state index in [0.29, 0.717) is 24.3 Å². The summed E-state index contributed by atoms with van der Waals surface area (Å²) in [6.07, 6.45) is 2.40. The summed E-state index contributed by atoms with van der Waals surface area (Å²) in [5.74, 6) is 0.330. The predicted molar refractivity (Wildman–Crippen MR) is 67.9 cm³/mol. The molecule has 2 rings (SSSR count). The molecule has 0 bridgehead atoms. The SMILES string of the molecule is COc1ccc(F)cc1-c1cnn(C)c1CCN. The Morgan fingerprint density at radius 3 is 2.83 bits per heavy atom. The number of nitrogens with two attached hydrogens (primary N) is 1. The molecule has 0 aliphatic rings. The van der Waals surface area contributed by atoms with Gasteiger partial charge in [0.25, 0.3) is 0 Å². The Kier molecular flexibility index (Phi) is 3.62. The van der Waals surface area contributed by atoms with E-state index in [-0.39, 0.29) is 5.82 Å². The van der Waals surface area contributed by atoms with Crippen molar-refractivity contribution in [3.8, 4) is 16.9 Å². The van der Waals surface area contributed by atoms with Crippen molar-refractivity contribution >= 4 is 0 Å². The van der Waals surface area contributed by atoms with E-state index in [1.807, 2.05) is 7.05 Å². The molecular formula is C13H16FN3O.